The first-order valence-corrected chi connectivity index (χ1v) is 7.70. The molecular formula is C15H20BrClO2. The van der Waals surface area contributed by atoms with Gasteiger partial charge >= 0.3 is 0 Å². The van der Waals surface area contributed by atoms with Gasteiger partial charge in [-0.05, 0) is 46.7 Å². The number of rotatable bonds is 2. The van der Waals surface area contributed by atoms with Crippen LogP contribution in [0.3, 0.4) is 0 Å². The van der Waals surface area contributed by atoms with Gasteiger partial charge in [0.05, 0.1) is 24.1 Å². The molecule has 0 fully saturated rings. The molecule has 1 aliphatic carbocycles. The molecule has 0 aromatic heterocycles. The monoisotopic (exact) mass is 346 g/mol. The lowest BCUT2D eigenvalue weighted by Crippen LogP contribution is -2.11. The number of alkyl halides is 1. The third-order valence-electron chi connectivity index (χ3n) is 3.86. The molecule has 0 saturated heterocycles. The van der Waals surface area contributed by atoms with E-state index in [1.807, 2.05) is 6.07 Å². The Bertz CT molecular complexity index is 486. The molecule has 0 radical (unpaired) electrons. The molecule has 1 aliphatic rings. The standard InChI is InChI=1S/C15H20BrClO2/c1-15(2)6-5-9-12(18-3)7-10(16)14(19-4)13(9)11(17)8-15/h7,11H,5-6,8H2,1-4H3. The summed E-state index contributed by atoms with van der Waals surface area (Å²) in [7, 11) is 3.39. The molecule has 0 N–H and O–H groups in total. The molecule has 0 aliphatic heterocycles. The van der Waals surface area contributed by atoms with E-state index < -0.39 is 0 Å². The van der Waals surface area contributed by atoms with Crippen LogP contribution in [0.2, 0.25) is 0 Å². The fraction of sp³-hybridized carbons (Fsp3) is 0.600. The molecule has 1 atom stereocenters. The van der Waals surface area contributed by atoms with Gasteiger partial charge in [0, 0.05) is 11.1 Å². The third kappa shape index (κ3) is 2.87. The van der Waals surface area contributed by atoms with Gasteiger partial charge in [0.15, 0.2) is 0 Å². The van der Waals surface area contributed by atoms with E-state index in [2.05, 4.69) is 29.8 Å². The number of fused-ring (bicyclic) bond motifs is 1. The van der Waals surface area contributed by atoms with Crippen molar-refractivity contribution in [3.8, 4) is 11.5 Å². The van der Waals surface area contributed by atoms with E-state index in [1.54, 1.807) is 14.2 Å². The Labute approximate surface area is 128 Å². The van der Waals surface area contributed by atoms with Gasteiger partial charge in [-0.1, -0.05) is 13.8 Å². The quantitative estimate of drug-likeness (QED) is 0.547. The fourth-order valence-corrected chi connectivity index (χ4v) is 4.03. The normalized spacial score (nSPS) is 21.5. The highest BCUT2D eigenvalue weighted by Gasteiger charge is 2.33. The van der Waals surface area contributed by atoms with Crippen molar-refractivity contribution >= 4 is 27.5 Å². The maximum absolute atomic E-state index is 6.66. The molecule has 4 heteroatoms. The summed E-state index contributed by atoms with van der Waals surface area (Å²) in [5, 5.41) is -0.0474. The van der Waals surface area contributed by atoms with Gasteiger partial charge in [0.2, 0.25) is 0 Å². The zero-order valence-corrected chi connectivity index (χ0v) is 14.2. The summed E-state index contributed by atoms with van der Waals surface area (Å²) in [6.07, 6.45) is 3.01. The Morgan fingerprint density at radius 1 is 1.32 bits per heavy atom. The van der Waals surface area contributed by atoms with Crippen molar-refractivity contribution in [3.05, 3.63) is 21.7 Å². The molecule has 19 heavy (non-hydrogen) atoms. The molecule has 1 aromatic carbocycles. The van der Waals surface area contributed by atoms with Gasteiger partial charge in [-0.2, -0.15) is 0 Å². The fourth-order valence-electron chi connectivity index (χ4n) is 2.80. The van der Waals surface area contributed by atoms with Crippen molar-refractivity contribution in [1.82, 2.24) is 0 Å². The topological polar surface area (TPSA) is 18.5 Å². The van der Waals surface area contributed by atoms with Crippen LogP contribution in [0.1, 0.15) is 43.2 Å². The van der Waals surface area contributed by atoms with Gasteiger partial charge in [0.25, 0.3) is 0 Å². The van der Waals surface area contributed by atoms with Crippen LogP contribution in [0.5, 0.6) is 11.5 Å². The summed E-state index contributed by atoms with van der Waals surface area (Å²) in [6.45, 7) is 4.53. The summed E-state index contributed by atoms with van der Waals surface area (Å²) in [6, 6.07) is 1.97. The van der Waals surface area contributed by atoms with Crippen molar-refractivity contribution in [2.45, 2.75) is 38.5 Å². The predicted molar refractivity (Wildman–Crippen MR) is 82.6 cm³/mol. The first kappa shape index (κ1) is 15.0. The van der Waals surface area contributed by atoms with Crippen LogP contribution in [0.25, 0.3) is 0 Å². The lowest BCUT2D eigenvalue weighted by molar-refractivity contribution is 0.311. The van der Waals surface area contributed by atoms with Gasteiger partial charge in [-0.3, -0.25) is 0 Å². The predicted octanol–water partition coefficient (Wildman–Crippen LogP) is 5.11. The number of hydrogen-bond donors (Lipinski definition) is 0. The number of halogens is 2. The molecule has 0 saturated carbocycles. The Kier molecular flexibility index (Phi) is 4.36. The first-order valence-electron chi connectivity index (χ1n) is 6.47. The van der Waals surface area contributed by atoms with E-state index in [-0.39, 0.29) is 10.8 Å². The second kappa shape index (κ2) is 5.53. The van der Waals surface area contributed by atoms with Crippen LogP contribution >= 0.6 is 27.5 Å². The smallest absolute Gasteiger partial charge is 0.138 e. The highest BCUT2D eigenvalue weighted by atomic mass is 79.9. The molecule has 0 heterocycles. The van der Waals surface area contributed by atoms with E-state index in [0.29, 0.717) is 0 Å². The Morgan fingerprint density at radius 3 is 2.58 bits per heavy atom. The average Bonchev–Trinajstić information content (AvgIpc) is 2.45. The first-order chi connectivity index (χ1) is 8.89. The van der Waals surface area contributed by atoms with Gasteiger partial charge < -0.3 is 9.47 Å². The van der Waals surface area contributed by atoms with E-state index in [1.165, 1.54) is 5.56 Å². The van der Waals surface area contributed by atoms with Crippen LogP contribution < -0.4 is 9.47 Å². The second-order valence-corrected chi connectivity index (χ2v) is 7.20. The molecule has 2 rings (SSSR count). The molecule has 0 amide bonds. The molecule has 106 valence electrons. The number of hydrogen-bond acceptors (Lipinski definition) is 2. The lowest BCUT2D eigenvalue weighted by atomic mass is 9.84. The van der Waals surface area contributed by atoms with Crippen molar-refractivity contribution in [3.63, 3.8) is 0 Å². The summed E-state index contributed by atoms with van der Waals surface area (Å²) in [5.74, 6) is 1.74. The Balaban J connectivity index is 2.63. The zero-order valence-electron chi connectivity index (χ0n) is 11.8. The number of methoxy groups -OCH3 is 2. The molecule has 1 aromatic rings. The van der Waals surface area contributed by atoms with Crippen molar-refractivity contribution in [2.75, 3.05) is 14.2 Å². The van der Waals surface area contributed by atoms with E-state index in [9.17, 15) is 0 Å². The van der Waals surface area contributed by atoms with Crippen molar-refractivity contribution in [2.24, 2.45) is 5.41 Å². The molecule has 0 bridgehead atoms. The van der Waals surface area contributed by atoms with Gasteiger partial charge in [-0.15, -0.1) is 11.6 Å². The molecular weight excluding hydrogens is 328 g/mol. The van der Waals surface area contributed by atoms with Crippen LogP contribution in [0, 0.1) is 5.41 Å². The van der Waals surface area contributed by atoms with Crippen LogP contribution in [-0.4, -0.2) is 14.2 Å². The third-order valence-corrected chi connectivity index (χ3v) is 4.82. The minimum absolute atomic E-state index is 0.0474. The highest BCUT2D eigenvalue weighted by molar-refractivity contribution is 9.10. The number of ether oxygens (including phenoxy) is 2. The van der Waals surface area contributed by atoms with Gasteiger partial charge in [0.1, 0.15) is 11.5 Å². The maximum Gasteiger partial charge on any atom is 0.138 e. The average molecular weight is 348 g/mol. The van der Waals surface area contributed by atoms with Crippen LogP contribution in [-0.2, 0) is 6.42 Å². The largest absolute Gasteiger partial charge is 0.496 e. The summed E-state index contributed by atoms with van der Waals surface area (Å²) in [4.78, 5) is 0. The number of benzene rings is 1. The maximum atomic E-state index is 6.66. The highest BCUT2D eigenvalue weighted by Crippen LogP contribution is 2.50. The van der Waals surface area contributed by atoms with Crippen LogP contribution in [0.15, 0.2) is 10.5 Å². The summed E-state index contributed by atoms with van der Waals surface area (Å²) in [5.41, 5.74) is 2.50. The SMILES string of the molecule is COc1cc(Br)c(OC)c2c1CCC(C)(C)CC2Cl. The van der Waals surface area contributed by atoms with E-state index >= 15 is 0 Å². The zero-order chi connectivity index (χ0) is 14.2. The minimum Gasteiger partial charge on any atom is -0.496 e. The summed E-state index contributed by atoms with van der Waals surface area (Å²) < 4.78 is 12.0. The Hall–Kier alpha value is -0.410. The van der Waals surface area contributed by atoms with E-state index in [0.717, 1.165) is 40.8 Å². The van der Waals surface area contributed by atoms with Gasteiger partial charge in [-0.25, -0.2) is 0 Å². The van der Waals surface area contributed by atoms with Crippen LogP contribution in [0.4, 0.5) is 0 Å². The molecule has 2 nitrogen and oxygen atoms in total. The minimum atomic E-state index is -0.0474. The Morgan fingerprint density at radius 2 is 2.00 bits per heavy atom. The lowest BCUT2D eigenvalue weighted by Gasteiger charge is -2.24. The molecule has 0 spiro atoms. The summed E-state index contributed by atoms with van der Waals surface area (Å²) >= 11 is 10.2. The van der Waals surface area contributed by atoms with Crippen molar-refractivity contribution in [1.29, 1.82) is 0 Å². The van der Waals surface area contributed by atoms with Crippen molar-refractivity contribution < 1.29 is 9.47 Å². The van der Waals surface area contributed by atoms with E-state index in [4.69, 9.17) is 21.1 Å². The molecule has 1 unspecified atom stereocenters. The second-order valence-electron chi connectivity index (χ2n) is 5.82.